The fraction of sp³-hybridized carbons (Fsp3) is 0.154. The average Bonchev–Trinajstić information content (AvgIpc) is 2.42. The van der Waals surface area contributed by atoms with Gasteiger partial charge in [0.05, 0.1) is 0 Å². The highest BCUT2D eigenvalue weighted by molar-refractivity contribution is 6.29. The van der Waals surface area contributed by atoms with Crippen LogP contribution in [-0.4, -0.2) is 21.5 Å². The summed E-state index contributed by atoms with van der Waals surface area (Å²) in [5.41, 5.74) is 2.16. The van der Waals surface area contributed by atoms with Gasteiger partial charge in [-0.3, -0.25) is 0 Å². The van der Waals surface area contributed by atoms with Gasteiger partial charge < -0.3 is 4.90 Å². The minimum absolute atomic E-state index is 0.514. The first-order chi connectivity index (χ1) is 8.83. The molecule has 0 fully saturated rings. The summed E-state index contributed by atoms with van der Waals surface area (Å²) in [7, 11) is 0. The number of rotatable bonds is 2. The Balaban J connectivity index is 1.86. The van der Waals surface area contributed by atoms with Crippen LogP contribution in [0.2, 0.25) is 5.15 Å². The molecule has 0 bridgehead atoms. The first-order valence-electron chi connectivity index (χ1n) is 5.65. The van der Waals surface area contributed by atoms with Crippen molar-refractivity contribution in [3.05, 3.63) is 53.2 Å². The van der Waals surface area contributed by atoms with Crippen molar-refractivity contribution >= 4 is 23.5 Å². The zero-order chi connectivity index (χ0) is 12.4. The number of anilines is 1. The Morgan fingerprint density at radius 1 is 1.22 bits per heavy atom. The van der Waals surface area contributed by atoms with Crippen LogP contribution < -0.4 is 4.90 Å². The van der Waals surface area contributed by atoms with Crippen molar-refractivity contribution in [3.8, 4) is 0 Å². The number of aromatic nitrogens is 3. The van der Waals surface area contributed by atoms with Crippen molar-refractivity contribution in [2.24, 2.45) is 0 Å². The van der Waals surface area contributed by atoms with Gasteiger partial charge in [0.2, 0.25) is 0 Å². The smallest absolute Gasteiger partial charge is 0.139 e. The number of pyridine rings is 1. The van der Waals surface area contributed by atoms with E-state index in [2.05, 4.69) is 25.9 Å². The molecule has 0 saturated carbocycles. The molecular weight excluding hydrogens is 248 g/mol. The van der Waals surface area contributed by atoms with E-state index in [1.807, 2.05) is 18.3 Å². The number of nitrogens with zero attached hydrogens (tertiary/aromatic N) is 4. The van der Waals surface area contributed by atoms with E-state index in [0.29, 0.717) is 5.15 Å². The fourth-order valence-corrected chi connectivity index (χ4v) is 2.08. The van der Waals surface area contributed by atoms with E-state index in [0.717, 1.165) is 30.0 Å². The van der Waals surface area contributed by atoms with Gasteiger partial charge >= 0.3 is 0 Å². The maximum Gasteiger partial charge on any atom is 0.139 e. The van der Waals surface area contributed by atoms with Crippen molar-refractivity contribution in [3.63, 3.8) is 0 Å². The second-order valence-electron chi connectivity index (χ2n) is 4.07. The monoisotopic (exact) mass is 258 g/mol. The SMILES string of the molecule is Clc1ccc(CN2CC=Cc3cncnc32)cn1. The second-order valence-corrected chi connectivity index (χ2v) is 4.46. The normalized spacial score (nSPS) is 13.5. The van der Waals surface area contributed by atoms with Gasteiger partial charge in [0, 0.05) is 31.0 Å². The van der Waals surface area contributed by atoms with Gasteiger partial charge in [0.15, 0.2) is 0 Å². The zero-order valence-electron chi connectivity index (χ0n) is 9.62. The molecule has 0 aromatic carbocycles. The lowest BCUT2D eigenvalue weighted by atomic mass is 10.1. The Kier molecular flexibility index (Phi) is 2.94. The van der Waals surface area contributed by atoms with E-state index in [1.165, 1.54) is 0 Å². The lowest BCUT2D eigenvalue weighted by Gasteiger charge is -2.26. The molecule has 2 aromatic heterocycles. The molecule has 0 atom stereocenters. The van der Waals surface area contributed by atoms with Gasteiger partial charge in [-0.05, 0) is 11.6 Å². The topological polar surface area (TPSA) is 41.9 Å². The van der Waals surface area contributed by atoms with Gasteiger partial charge in [-0.25, -0.2) is 15.0 Å². The van der Waals surface area contributed by atoms with Gasteiger partial charge in [-0.15, -0.1) is 0 Å². The van der Waals surface area contributed by atoms with Crippen LogP contribution in [0, 0.1) is 0 Å². The van der Waals surface area contributed by atoms with Gasteiger partial charge in [0.25, 0.3) is 0 Å². The van der Waals surface area contributed by atoms with E-state index >= 15 is 0 Å². The van der Waals surface area contributed by atoms with Gasteiger partial charge in [-0.2, -0.15) is 0 Å². The van der Waals surface area contributed by atoms with Crippen molar-refractivity contribution in [2.75, 3.05) is 11.4 Å². The maximum atomic E-state index is 5.78. The van der Waals surface area contributed by atoms with Crippen molar-refractivity contribution < 1.29 is 0 Å². The highest BCUT2D eigenvalue weighted by Gasteiger charge is 2.14. The Bertz CT molecular complexity index is 580. The Morgan fingerprint density at radius 3 is 3.00 bits per heavy atom. The largest absolute Gasteiger partial charge is 0.348 e. The minimum atomic E-state index is 0.514. The first-order valence-corrected chi connectivity index (χ1v) is 6.02. The molecule has 0 saturated heterocycles. The zero-order valence-corrected chi connectivity index (χ0v) is 10.4. The molecule has 4 nitrogen and oxygen atoms in total. The summed E-state index contributed by atoms with van der Waals surface area (Å²) >= 11 is 5.78. The van der Waals surface area contributed by atoms with Gasteiger partial charge in [-0.1, -0.05) is 29.8 Å². The molecule has 3 heterocycles. The van der Waals surface area contributed by atoms with Crippen molar-refractivity contribution in [1.29, 1.82) is 0 Å². The van der Waals surface area contributed by atoms with Crippen molar-refractivity contribution in [1.82, 2.24) is 15.0 Å². The predicted molar refractivity (Wildman–Crippen MR) is 71.4 cm³/mol. The van der Waals surface area contributed by atoms with Crippen LogP contribution in [0.3, 0.4) is 0 Å². The standard InChI is InChI=1S/C13H11ClN4/c14-12-4-3-10(6-16-12)8-18-5-1-2-11-7-15-9-17-13(11)18/h1-4,6-7,9H,5,8H2. The molecule has 0 amide bonds. The molecule has 0 spiro atoms. The van der Waals surface area contributed by atoms with Crippen LogP contribution >= 0.6 is 11.6 Å². The summed E-state index contributed by atoms with van der Waals surface area (Å²) in [6, 6.07) is 3.78. The van der Waals surface area contributed by atoms with Crippen LogP contribution in [0.5, 0.6) is 0 Å². The number of hydrogen-bond donors (Lipinski definition) is 0. The maximum absolute atomic E-state index is 5.78. The molecule has 5 heteroatoms. The van der Waals surface area contributed by atoms with Crippen LogP contribution in [0.4, 0.5) is 5.82 Å². The molecule has 0 radical (unpaired) electrons. The third-order valence-electron chi connectivity index (χ3n) is 2.80. The molecule has 1 aliphatic rings. The lowest BCUT2D eigenvalue weighted by Crippen LogP contribution is -2.26. The summed E-state index contributed by atoms with van der Waals surface area (Å²) in [4.78, 5) is 14.6. The molecule has 3 rings (SSSR count). The molecular formula is C13H11ClN4. The van der Waals surface area contributed by atoms with Crippen LogP contribution in [0.15, 0.2) is 36.9 Å². The fourth-order valence-electron chi connectivity index (χ4n) is 1.97. The van der Waals surface area contributed by atoms with Crippen LogP contribution in [-0.2, 0) is 6.54 Å². The van der Waals surface area contributed by atoms with Crippen LogP contribution in [0.1, 0.15) is 11.1 Å². The third kappa shape index (κ3) is 2.19. The summed E-state index contributed by atoms with van der Waals surface area (Å²) in [5, 5.41) is 0.514. The molecule has 0 unspecified atom stereocenters. The molecule has 18 heavy (non-hydrogen) atoms. The summed E-state index contributed by atoms with van der Waals surface area (Å²) in [6.45, 7) is 1.60. The van der Waals surface area contributed by atoms with E-state index < -0.39 is 0 Å². The molecule has 90 valence electrons. The third-order valence-corrected chi connectivity index (χ3v) is 3.03. The number of hydrogen-bond acceptors (Lipinski definition) is 4. The van der Waals surface area contributed by atoms with Crippen molar-refractivity contribution in [2.45, 2.75) is 6.54 Å². The highest BCUT2D eigenvalue weighted by Crippen LogP contribution is 2.23. The average molecular weight is 259 g/mol. The number of fused-ring (bicyclic) bond motifs is 1. The molecule has 1 aliphatic heterocycles. The summed E-state index contributed by atoms with van der Waals surface area (Å²) in [5.74, 6) is 0.961. The predicted octanol–water partition coefficient (Wildman–Crippen LogP) is 2.56. The quantitative estimate of drug-likeness (QED) is 0.777. The van der Waals surface area contributed by atoms with Crippen LogP contribution in [0.25, 0.3) is 6.08 Å². The molecule has 2 aromatic rings. The second kappa shape index (κ2) is 4.74. The van der Waals surface area contributed by atoms with E-state index in [1.54, 1.807) is 18.6 Å². The van der Waals surface area contributed by atoms with E-state index in [-0.39, 0.29) is 0 Å². The Hall–Kier alpha value is -1.94. The first kappa shape index (κ1) is 11.2. The minimum Gasteiger partial charge on any atom is -0.348 e. The Labute approximate surface area is 110 Å². The van der Waals surface area contributed by atoms with Gasteiger partial charge in [0.1, 0.15) is 17.3 Å². The number of halogens is 1. The highest BCUT2D eigenvalue weighted by atomic mass is 35.5. The summed E-state index contributed by atoms with van der Waals surface area (Å²) < 4.78 is 0. The molecule has 0 aliphatic carbocycles. The van der Waals surface area contributed by atoms with E-state index in [9.17, 15) is 0 Å². The molecule has 0 N–H and O–H groups in total. The van der Waals surface area contributed by atoms with E-state index in [4.69, 9.17) is 11.6 Å². The lowest BCUT2D eigenvalue weighted by molar-refractivity contribution is 0.830. The summed E-state index contributed by atoms with van der Waals surface area (Å²) in [6.07, 6.45) is 9.35. The Morgan fingerprint density at radius 2 is 2.17 bits per heavy atom.